The summed E-state index contributed by atoms with van der Waals surface area (Å²) in [7, 11) is 0. The van der Waals surface area contributed by atoms with Crippen LogP contribution in [0.5, 0.6) is 0 Å². The summed E-state index contributed by atoms with van der Waals surface area (Å²) in [6.45, 7) is 6.50. The Bertz CT molecular complexity index is 500. The van der Waals surface area contributed by atoms with Gasteiger partial charge in [-0.3, -0.25) is 4.79 Å². The average molecular weight is 250 g/mol. The van der Waals surface area contributed by atoms with E-state index in [1.54, 1.807) is 41.5 Å². The number of carbonyl (C=O) groups excluding carboxylic acids is 1. The molecule has 1 atom stereocenters. The van der Waals surface area contributed by atoms with E-state index in [-0.39, 0.29) is 0 Å². The van der Waals surface area contributed by atoms with Crippen molar-refractivity contribution in [3.05, 3.63) is 0 Å². The quantitative estimate of drug-likeness (QED) is 0.761. The van der Waals surface area contributed by atoms with Crippen molar-refractivity contribution < 1.29 is 15.8 Å². The highest BCUT2D eigenvalue weighted by Gasteiger charge is 2.31. The molecule has 0 aromatic heterocycles. The molecule has 0 aromatic carbocycles. The Kier molecular flexibility index (Phi) is 2.77. The predicted octanol–water partition coefficient (Wildman–Crippen LogP) is 2.49. The smallest absolute Gasteiger partial charge is 0.155 e. The van der Waals surface area contributed by atoms with Crippen molar-refractivity contribution >= 4 is 5.78 Å². The molecule has 0 aliphatic carbocycles. The lowest BCUT2D eigenvalue weighted by Gasteiger charge is -2.31. The van der Waals surface area contributed by atoms with Gasteiger partial charge < -0.3 is 11.1 Å². The van der Waals surface area contributed by atoms with Gasteiger partial charge in [0.15, 0.2) is 5.78 Å². The van der Waals surface area contributed by atoms with Crippen LogP contribution in [0.2, 0.25) is 0 Å². The minimum absolute atomic E-state index is 0.648. The lowest BCUT2D eigenvalue weighted by Crippen LogP contribution is -2.50. The molecule has 0 saturated carbocycles. The van der Waals surface area contributed by atoms with Gasteiger partial charge in [-0.2, -0.15) is 0 Å². The summed E-state index contributed by atoms with van der Waals surface area (Å²) < 4.78 is 62.9. The Morgan fingerprint density at radius 2 is 1.76 bits per heavy atom. The molecular weight excluding hydrogens is 212 g/mol. The van der Waals surface area contributed by atoms with Gasteiger partial charge in [0.25, 0.3) is 0 Å². The van der Waals surface area contributed by atoms with Crippen LogP contribution in [0.4, 0.5) is 0 Å². The van der Waals surface area contributed by atoms with Crippen LogP contribution in [-0.2, 0) is 4.79 Å². The minimum atomic E-state index is -3.40. The maximum absolute atomic E-state index is 12.8. The Morgan fingerprint density at radius 1 is 1.24 bits per heavy atom. The Balaban J connectivity index is 6.36. The van der Waals surface area contributed by atoms with E-state index in [2.05, 4.69) is 5.32 Å². The maximum Gasteiger partial charge on any atom is 0.155 e. The van der Waals surface area contributed by atoms with Crippen LogP contribution in [0.3, 0.4) is 0 Å². The fourth-order valence-corrected chi connectivity index (χ4v) is 1.18. The van der Waals surface area contributed by atoms with E-state index in [1.807, 2.05) is 0 Å². The lowest BCUT2D eigenvalue weighted by atomic mass is 9.84. The monoisotopic (exact) mass is 250 g/mol. The molecule has 0 unspecified atom stereocenters. The summed E-state index contributed by atoms with van der Waals surface area (Å²) in [6, 6.07) is -1.71. The molecule has 17 heavy (non-hydrogen) atoms. The van der Waals surface area contributed by atoms with Crippen LogP contribution in [0.25, 0.3) is 0 Å². The number of ketones is 1. The fourth-order valence-electron chi connectivity index (χ4n) is 1.18. The Morgan fingerprint density at radius 3 is 2.12 bits per heavy atom. The normalized spacial score (nSPS) is 25.1. The van der Waals surface area contributed by atoms with Gasteiger partial charge in [-0.15, -0.1) is 0 Å². The molecule has 0 aliphatic rings. The molecule has 0 aliphatic heterocycles. The number of carbonyl (C=O) groups is 1. The molecule has 102 valence electrons. The zero-order valence-corrected chi connectivity index (χ0v) is 11.6. The van der Waals surface area contributed by atoms with Gasteiger partial charge in [-0.05, 0) is 40.0 Å². The van der Waals surface area contributed by atoms with Crippen LogP contribution in [0.1, 0.15) is 71.6 Å². The summed E-state index contributed by atoms with van der Waals surface area (Å²) in [5, 5.41) is 2.74. The van der Waals surface area contributed by atoms with E-state index in [1.165, 1.54) is 0 Å². The molecule has 3 heteroatoms. The number of nitrogens with two attached hydrogens (primary N) is 1. The Hall–Kier alpha value is -0.410. The van der Waals surface area contributed by atoms with Crippen molar-refractivity contribution in [2.24, 2.45) is 11.1 Å². The van der Waals surface area contributed by atoms with Crippen LogP contribution in [0.15, 0.2) is 0 Å². The van der Waals surface area contributed by atoms with Gasteiger partial charge >= 0.3 is 0 Å². The third-order valence-corrected chi connectivity index (χ3v) is 1.93. The van der Waals surface area contributed by atoms with Gasteiger partial charge in [-0.25, -0.2) is 0 Å². The number of Topliss-reactive ketones (excluding diaryl/α,β-unsaturated/α-hetero) is 1. The number of hydrogen-bond acceptors (Lipinski definition) is 3. The number of nitrogens with one attached hydrogen (secondary N) is 1. The lowest BCUT2D eigenvalue weighted by molar-refractivity contribution is -0.129. The minimum Gasteiger partial charge on any atom is -0.330 e. The molecule has 0 fully saturated rings. The second-order valence-electron chi connectivity index (χ2n) is 5.98. The second kappa shape index (κ2) is 6.50. The number of hydrogen-bond donors (Lipinski definition) is 2. The molecule has 0 heterocycles. The Labute approximate surface area is 118 Å². The topological polar surface area (TPSA) is 55.1 Å². The predicted molar refractivity (Wildman–Crippen MR) is 74.0 cm³/mol. The fraction of sp³-hybridized carbons (Fsp3) is 0.929. The molecule has 0 saturated heterocycles. The van der Waals surface area contributed by atoms with Crippen molar-refractivity contribution in [2.75, 3.05) is 6.50 Å². The average Bonchev–Trinajstić information content (AvgIpc) is 2.30. The van der Waals surface area contributed by atoms with E-state index in [0.29, 0.717) is 0 Å². The molecule has 0 amide bonds. The standard InChI is InChI=1S/C14H30N2O/c1-13(2,3)12(17)11(9-7-8-10-15)16-14(4,5)6/h11,16H,7-10,15H2,1-6H3/t11-/m0/s1/i7D2,8D2,9D2,10D2. The highest BCUT2D eigenvalue weighted by molar-refractivity contribution is 5.88. The first kappa shape index (κ1) is 7.25. The highest BCUT2D eigenvalue weighted by atomic mass is 16.1. The zero-order chi connectivity index (χ0) is 20.9. The summed E-state index contributed by atoms with van der Waals surface area (Å²) >= 11 is 0. The van der Waals surface area contributed by atoms with Gasteiger partial charge in [0.1, 0.15) is 0 Å². The summed E-state index contributed by atoms with van der Waals surface area (Å²) in [5.41, 5.74) is 3.33. The van der Waals surface area contributed by atoms with E-state index in [4.69, 9.17) is 16.7 Å². The highest BCUT2D eigenvalue weighted by Crippen LogP contribution is 2.20. The van der Waals surface area contributed by atoms with Crippen LogP contribution < -0.4 is 11.1 Å². The zero-order valence-electron chi connectivity index (χ0n) is 19.6. The molecule has 0 bridgehead atoms. The molecular formula is C14H30N2O. The largest absolute Gasteiger partial charge is 0.330 e. The van der Waals surface area contributed by atoms with Crippen LogP contribution in [-0.4, -0.2) is 23.9 Å². The van der Waals surface area contributed by atoms with Crippen molar-refractivity contribution in [1.82, 2.24) is 5.32 Å². The molecule has 0 aromatic rings. The van der Waals surface area contributed by atoms with Gasteiger partial charge in [0.2, 0.25) is 0 Å². The SMILES string of the molecule is [2H]C([2H])(N)C([2H])([2H])C([2H])([2H])C([2H])([2H])[C@H](NC(C)(C)C)C(=O)C(C)(C)C. The first-order valence-electron chi connectivity index (χ1n) is 9.61. The molecule has 3 N–H and O–H groups in total. The second-order valence-corrected chi connectivity index (χ2v) is 5.98. The summed E-state index contributed by atoms with van der Waals surface area (Å²) in [4.78, 5) is 12.8. The maximum atomic E-state index is 12.8. The van der Waals surface area contributed by atoms with Crippen LogP contribution in [0, 0.1) is 5.41 Å². The first-order chi connectivity index (χ1) is 10.5. The van der Waals surface area contributed by atoms with Crippen molar-refractivity contribution in [1.29, 1.82) is 0 Å². The van der Waals surface area contributed by atoms with Gasteiger partial charge in [0.05, 0.1) is 6.04 Å². The number of rotatable bonds is 6. The first-order valence-corrected chi connectivity index (χ1v) is 5.61. The van der Waals surface area contributed by atoms with E-state index in [9.17, 15) is 4.79 Å². The molecule has 0 rings (SSSR count). The summed E-state index contributed by atoms with van der Waals surface area (Å²) in [6.07, 6.45) is -9.87. The third kappa shape index (κ3) is 7.50. The van der Waals surface area contributed by atoms with E-state index < -0.39 is 48.4 Å². The molecule has 0 spiro atoms. The summed E-state index contributed by atoms with van der Waals surface area (Å²) in [5.74, 6) is -0.648. The van der Waals surface area contributed by atoms with Crippen molar-refractivity contribution in [3.8, 4) is 0 Å². The van der Waals surface area contributed by atoms with Crippen LogP contribution >= 0.6 is 0 Å². The van der Waals surface area contributed by atoms with Gasteiger partial charge in [0, 0.05) is 21.9 Å². The van der Waals surface area contributed by atoms with Gasteiger partial charge in [-0.1, -0.05) is 27.1 Å². The van der Waals surface area contributed by atoms with E-state index >= 15 is 0 Å². The van der Waals surface area contributed by atoms with Crippen molar-refractivity contribution in [2.45, 2.75) is 72.2 Å². The van der Waals surface area contributed by atoms with Crippen molar-refractivity contribution in [3.63, 3.8) is 0 Å². The van der Waals surface area contributed by atoms with E-state index in [0.717, 1.165) is 0 Å². The molecule has 0 radical (unpaired) electrons. The molecule has 3 nitrogen and oxygen atoms in total. The third-order valence-electron chi connectivity index (χ3n) is 1.93.